The molecule has 0 saturated heterocycles. The van der Waals surface area contributed by atoms with Crippen LogP contribution in [0.4, 0.5) is 4.39 Å². The third-order valence-corrected chi connectivity index (χ3v) is 3.46. The number of para-hydroxylation sites is 1. The quantitative estimate of drug-likeness (QED) is 0.758. The molecule has 2 aromatic carbocycles. The highest BCUT2D eigenvalue weighted by molar-refractivity contribution is 9.10. The molecule has 0 radical (unpaired) electrons. The van der Waals surface area contributed by atoms with E-state index < -0.39 is 11.9 Å². The van der Waals surface area contributed by atoms with Crippen LogP contribution in [0.2, 0.25) is 0 Å². The molecule has 1 N–H and O–H groups in total. The monoisotopic (exact) mass is 320 g/mol. The van der Waals surface area contributed by atoms with Gasteiger partial charge in [0.2, 0.25) is 0 Å². The maximum absolute atomic E-state index is 13.8. The number of rotatable bonds is 2. The summed E-state index contributed by atoms with van der Waals surface area (Å²) >= 11 is 3.18. The SMILES string of the molecule is OC(c1cc2ccccc2o1)c1ccc(Br)cc1F. The van der Waals surface area contributed by atoms with E-state index in [9.17, 15) is 9.50 Å². The van der Waals surface area contributed by atoms with Gasteiger partial charge in [-0.25, -0.2) is 4.39 Å². The average Bonchev–Trinajstić information content (AvgIpc) is 2.81. The van der Waals surface area contributed by atoms with E-state index in [1.165, 1.54) is 12.1 Å². The van der Waals surface area contributed by atoms with Gasteiger partial charge in [0.25, 0.3) is 0 Å². The molecular weight excluding hydrogens is 311 g/mol. The minimum atomic E-state index is -1.11. The van der Waals surface area contributed by atoms with Crippen molar-refractivity contribution < 1.29 is 13.9 Å². The maximum Gasteiger partial charge on any atom is 0.139 e. The van der Waals surface area contributed by atoms with Gasteiger partial charge in [0, 0.05) is 15.4 Å². The fourth-order valence-electron chi connectivity index (χ4n) is 2.01. The number of benzene rings is 2. The van der Waals surface area contributed by atoms with E-state index in [0.29, 0.717) is 15.8 Å². The van der Waals surface area contributed by atoms with Crippen molar-refractivity contribution >= 4 is 26.9 Å². The summed E-state index contributed by atoms with van der Waals surface area (Å²) in [5, 5.41) is 11.1. The Morgan fingerprint density at radius 1 is 1.11 bits per heavy atom. The first-order valence-corrected chi connectivity index (χ1v) is 6.56. The summed E-state index contributed by atoms with van der Waals surface area (Å²) in [4.78, 5) is 0. The van der Waals surface area contributed by atoms with Crippen LogP contribution >= 0.6 is 15.9 Å². The van der Waals surface area contributed by atoms with Crippen molar-refractivity contribution in [2.24, 2.45) is 0 Å². The molecule has 0 bridgehead atoms. The van der Waals surface area contributed by atoms with E-state index in [0.717, 1.165) is 5.39 Å². The molecule has 0 aliphatic rings. The standard InChI is InChI=1S/C15H10BrFO2/c16-10-5-6-11(12(17)8-10)15(18)14-7-9-3-1-2-4-13(9)19-14/h1-8,15,18H. The molecule has 0 amide bonds. The Labute approximate surface area is 117 Å². The molecule has 0 spiro atoms. The Morgan fingerprint density at radius 3 is 2.63 bits per heavy atom. The van der Waals surface area contributed by atoms with Crippen molar-refractivity contribution in [3.8, 4) is 0 Å². The Kier molecular flexibility index (Phi) is 3.12. The highest BCUT2D eigenvalue weighted by atomic mass is 79.9. The Hall–Kier alpha value is -1.65. The number of halogens is 2. The minimum Gasteiger partial charge on any atom is -0.458 e. The highest BCUT2D eigenvalue weighted by Crippen LogP contribution is 2.30. The van der Waals surface area contributed by atoms with Crippen molar-refractivity contribution in [3.63, 3.8) is 0 Å². The highest BCUT2D eigenvalue weighted by Gasteiger charge is 2.19. The van der Waals surface area contributed by atoms with Crippen LogP contribution in [0, 0.1) is 5.82 Å². The van der Waals surface area contributed by atoms with E-state index in [1.54, 1.807) is 12.1 Å². The Balaban J connectivity index is 2.05. The van der Waals surface area contributed by atoms with E-state index in [-0.39, 0.29) is 5.56 Å². The zero-order chi connectivity index (χ0) is 13.4. The molecule has 2 nitrogen and oxygen atoms in total. The van der Waals surface area contributed by atoms with Crippen molar-refractivity contribution in [2.75, 3.05) is 0 Å². The molecule has 0 aliphatic heterocycles. The molecule has 0 saturated carbocycles. The number of hydrogen-bond donors (Lipinski definition) is 1. The van der Waals surface area contributed by atoms with Gasteiger partial charge in [-0.15, -0.1) is 0 Å². The van der Waals surface area contributed by atoms with Crippen molar-refractivity contribution in [1.82, 2.24) is 0 Å². The van der Waals surface area contributed by atoms with Gasteiger partial charge in [-0.05, 0) is 24.3 Å². The van der Waals surface area contributed by atoms with Crippen LogP contribution < -0.4 is 0 Å². The molecule has 3 rings (SSSR count). The van der Waals surface area contributed by atoms with Gasteiger partial charge in [0.05, 0.1) is 0 Å². The third kappa shape index (κ3) is 2.29. The predicted octanol–water partition coefficient (Wildman–Crippen LogP) is 4.42. The van der Waals surface area contributed by atoms with Crippen LogP contribution in [-0.2, 0) is 0 Å². The molecule has 1 unspecified atom stereocenters. The summed E-state index contributed by atoms with van der Waals surface area (Å²) in [5.74, 6) is -0.134. The zero-order valence-corrected chi connectivity index (χ0v) is 11.4. The van der Waals surface area contributed by atoms with Crippen LogP contribution in [0.1, 0.15) is 17.4 Å². The minimum absolute atomic E-state index is 0.197. The molecule has 4 heteroatoms. The number of furan rings is 1. The number of hydrogen-bond acceptors (Lipinski definition) is 2. The van der Waals surface area contributed by atoms with Gasteiger partial charge in [-0.1, -0.05) is 40.2 Å². The molecule has 0 aliphatic carbocycles. The van der Waals surface area contributed by atoms with Crippen molar-refractivity contribution in [1.29, 1.82) is 0 Å². The molecule has 1 heterocycles. The van der Waals surface area contributed by atoms with E-state index >= 15 is 0 Å². The van der Waals surface area contributed by atoms with Gasteiger partial charge in [-0.2, -0.15) is 0 Å². The fraction of sp³-hybridized carbons (Fsp3) is 0.0667. The molecule has 0 fully saturated rings. The van der Waals surface area contributed by atoms with Crippen LogP contribution in [-0.4, -0.2) is 5.11 Å². The summed E-state index contributed by atoms with van der Waals surface area (Å²) in [7, 11) is 0. The van der Waals surface area contributed by atoms with Crippen LogP contribution in [0.25, 0.3) is 11.0 Å². The van der Waals surface area contributed by atoms with Gasteiger partial charge in [0.15, 0.2) is 0 Å². The largest absolute Gasteiger partial charge is 0.458 e. The molecule has 19 heavy (non-hydrogen) atoms. The van der Waals surface area contributed by atoms with Crippen LogP contribution in [0.15, 0.2) is 57.4 Å². The normalized spacial score (nSPS) is 12.8. The first kappa shape index (κ1) is 12.4. The summed E-state index contributed by atoms with van der Waals surface area (Å²) in [6.07, 6.45) is -1.11. The Morgan fingerprint density at radius 2 is 1.89 bits per heavy atom. The van der Waals surface area contributed by atoms with Crippen LogP contribution in [0.5, 0.6) is 0 Å². The molecular formula is C15H10BrFO2. The fourth-order valence-corrected chi connectivity index (χ4v) is 2.35. The molecule has 3 aromatic rings. The smallest absolute Gasteiger partial charge is 0.139 e. The van der Waals surface area contributed by atoms with Crippen molar-refractivity contribution in [2.45, 2.75) is 6.10 Å². The second-order valence-electron chi connectivity index (χ2n) is 4.25. The summed E-state index contributed by atoms with van der Waals surface area (Å²) in [5.41, 5.74) is 0.872. The number of fused-ring (bicyclic) bond motifs is 1. The Bertz CT molecular complexity index is 703. The van der Waals surface area contributed by atoms with Crippen molar-refractivity contribution in [3.05, 3.63) is 70.1 Å². The lowest BCUT2D eigenvalue weighted by molar-refractivity contribution is 0.187. The number of aliphatic hydroxyl groups is 1. The lowest BCUT2D eigenvalue weighted by atomic mass is 10.1. The zero-order valence-electron chi connectivity index (χ0n) is 9.81. The molecule has 96 valence electrons. The first-order chi connectivity index (χ1) is 9.15. The number of aliphatic hydroxyl groups excluding tert-OH is 1. The first-order valence-electron chi connectivity index (χ1n) is 5.76. The summed E-state index contributed by atoms with van der Waals surface area (Å²) in [6, 6.07) is 13.7. The van der Waals surface area contributed by atoms with E-state index in [2.05, 4.69) is 15.9 Å². The van der Waals surface area contributed by atoms with E-state index in [1.807, 2.05) is 24.3 Å². The lowest BCUT2D eigenvalue weighted by Gasteiger charge is -2.09. The second-order valence-corrected chi connectivity index (χ2v) is 5.17. The van der Waals surface area contributed by atoms with Gasteiger partial charge in [0.1, 0.15) is 23.3 Å². The summed E-state index contributed by atoms with van der Waals surface area (Å²) in [6.45, 7) is 0. The van der Waals surface area contributed by atoms with E-state index in [4.69, 9.17) is 4.42 Å². The lowest BCUT2D eigenvalue weighted by Crippen LogP contribution is -2.01. The van der Waals surface area contributed by atoms with Gasteiger partial charge < -0.3 is 9.52 Å². The maximum atomic E-state index is 13.8. The topological polar surface area (TPSA) is 33.4 Å². The molecule has 1 atom stereocenters. The average molecular weight is 321 g/mol. The van der Waals surface area contributed by atoms with Gasteiger partial charge >= 0.3 is 0 Å². The third-order valence-electron chi connectivity index (χ3n) is 2.97. The second kappa shape index (κ2) is 4.79. The van der Waals surface area contributed by atoms with Crippen LogP contribution in [0.3, 0.4) is 0 Å². The predicted molar refractivity (Wildman–Crippen MR) is 74.4 cm³/mol. The summed E-state index contributed by atoms with van der Waals surface area (Å²) < 4.78 is 20.0. The van der Waals surface area contributed by atoms with Gasteiger partial charge in [-0.3, -0.25) is 0 Å². The molecule has 1 aromatic heterocycles.